The van der Waals surface area contributed by atoms with Crippen LogP contribution in [0.3, 0.4) is 0 Å². The largest absolute Gasteiger partial charge is 0.395 e. The lowest BCUT2D eigenvalue weighted by Gasteiger charge is -2.12. The van der Waals surface area contributed by atoms with Crippen molar-refractivity contribution in [3.63, 3.8) is 0 Å². The van der Waals surface area contributed by atoms with Gasteiger partial charge in [-0.2, -0.15) is 0 Å². The van der Waals surface area contributed by atoms with Gasteiger partial charge in [-0.1, -0.05) is 12.8 Å². The van der Waals surface area contributed by atoms with Gasteiger partial charge in [0, 0.05) is 30.1 Å². The molecule has 0 aliphatic heterocycles. The third kappa shape index (κ3) is 3.03. The summed E-state index contributed by atoms with van der Waals surface area (Å²) in [6, 6.07) is 0. The van der Waals surface area contributed by atoms with Crippen LogP contribution in [0, 0.1) is 0 Å². The number of thiazole rings is 1. The molecule has 1 aromatic rings. The van der Waals surface area contributed by atoms with Gasteiger partial charge in [-0.15, -0.1) is 11.3 Å². The second-order valence-corrected chi connectivity index (χ2v) is 5.75. The van der Waals surface area contributed by atoms with Crippen LogP contribution in [0.25, 0.3) is 0 Å². The van der Waals surface area contributed by atoms with E-state index in [-0.39, 0.29) is 6.61 Å². The molecule has 1 fully saturated rings. The van der Waals surface area contributed by atoms with E-state index in [2.05, 4.69) is 9.88 Å². The third-order valence-electron chi connectivity index (χ3n) is 3.18. The number of rotatable bonds is 5. The van der Waals surface area contributed by atoms with Gasteiger partial charge in [-0.25, -0.2) is 4.98 Å². The summed E-state index contributed by atoms with van der Waals surface area (Å²) in [7, 11) is 2.03. The molecule has 1 saturated carbocycles. The van der Waals surface area contributed by atoms with E-state index in [4.69, 9.17) is 5.11 Å². The number of aliphatic hydroxyl groups is 1. The monoisotopic (exact) mass is 240 g/mol. The molecule has 0 bridgehead atoms. The Morgan fingerprint density at radius 3 is 2.94 bits per heavy atom. The zero-order chi connectivity index (χ0) is 11.4. The molecule has 0 saturated heterocycles. The Balaban J connectivity index is 1.91. The van der Waals surface area contributed by atoms with Crippen LogP contribution in [0.5, 0.6) is 0 Å². The Labute approximate surface area is 101 Å². The van der Waals surface area contributed by atoms with Crippen LogP contribution in [-0.2, 0) is 6.54 Å². The maximum absolute atomic E-state index is 8.84. The van der Waals surface area contributed by atoms with E-state index in [1.54, 1.807) is 0 Å². The van der Waals surface area contributed by atoms with Crippen molar-refractivity contribution in [3.8, 4) is 0 Å². The van der Waals surface area contributed by atoms with Gasteiger partial charge in [0.2, 0.25) is 0 Å². The van der Waals surface area contributed by atoms with Crippen LogP contribution in [-0.4, -0.2) is 35.2 Å². The third-order valence-corrected chi connectivity index (χ3v) is 4.33. The van der Waals surface area contributed by atoms with Crippen LogP contribution < -0.4 is 0 Å². The second kappa shape index (κ2) is 5.75. The molecule has 0 spiro atoms. The van der Waals surface area contributed by atoms with Crippen molar-refractivity contribution in [2.45, 2.75) is 38.1 Å². The van der Waals surface area contributed by atoms with E-state index in [1.165, 1.54) is 35.6 Å². The first-order valence-electron chi connectivity index (χ1n) is 6.03. The quantitative estimate of drug-likeness (QED) is 0.857. The number of likely N-dealkylation sites (N-methyl/N-ethyl adjacent to an activating group) is 1. The first kappa shape index (κ1) is 12.0. The molecule has 4 heteroatoms. The summed E-state index contributed by atoms with van der Waals surface area (Å²) in [6.45, 7) is 1.87. The average molecular weight is 240 g/mol. The number of aliphatic hydroxyl groups excluding tert-OH is 1. The van der Waals surface area contributed by atoms with Crippen LogP contribution >= 0.6 is 11.3 Å². The lowest BCUT2D eigenvalue weighted by Crippen LogP contribution is -2.20. The van der Waals surface area contributed by atoms with Crippen LogP contribution in [0.1, 0.15) is 41.5 Å². The molecule has 1 aliphatic carbocycles. The van der Waals surface area contributed by atoms with Crippen molar-refractivity contribution in [3.05, 3.63) is 16.1 Å². The first-order valence-corrected chi connectivity index (χ1v) is 6.85. The maximum atomic E-state index is 8.84. The highest BCUT2D eigenvalue weighted by Gasteiger charge is 2.20. The Morgan fingerprint density at radius 1 is 1.50 bits per heavy atom. The second-order valence-electron chi connectivity index (χ2n) is 4.61. The summed E-state index contributed by atoms with van der Waals surface area (Å²) in [5, 5.41) is 10.2. The van der Waals surface area contributed by atoms with E-state index >= 15 is 0 Å². The van der Waals surface area contributed by atoms with E-state index in [0.717, 1.165) is 19.0 Å². The lowest BCUT2D eigenvalue weighted by molar-refractivity contribution is 0.218. The minimum Gasteiger partial charge on any atom is -0.395 e. The lowest BCUT2D eigenvalue weighted by atomic mass is 10.1. The van der Waals surface area contributed by atoms with Crippen molar-refractivity contribution in [1.29, 1.82) is 0 Å². The van der Waals surface area contributed by atoms with Gasteiger partial charge in [0.15, 0.2) is 0 Å². The molecule has 0 unspecified atom stereocenters. The Bertz CT molecular complexity index is 321. The van der Waals surface area contributed by atoms with Crippen LogP contribution in [0.15, 0.2) is 6.20 Å². The smallest absolute Gasteiger partial charge is 0.0959 e. The van der Waals surface area contributed by atoms with Crippen molar-refractivity contribution in [2.75, 3.05) is 20.2 Å². The fourth-order valence-corrected chi connectivity index (χ4v) is 3.44. The number of hydrogen-bond donors (Lipinski definition) is 1. The van der Waals surface area contributed by atoms with E-state index in [9.17, 15) is 0 Å². The van der Waals surface area contributed by atoms with E-state index < -0.39 is 0 Å². The van der Waals surface area contributed by atoms with E-state index in [0.29, 0.717) is 0 Å². The first-order chi connectivity index (χ1) is 7.79. The van der Waals surface area contributed by atoms with Crippen LogP contribution in [0.2, 0.25) is 0 Å². The topological polar surface area (TPSA) is 36.4 Å². The summed E-state index contributed by atoms with van der Waals surface area (Å²) < 4.78 is 0. The standard InChI is InChI=1S/C12H20N2OS/c1-14(6-7-15)9-11-8-13-12(16-11)10-4-2-3-5-10/h8,10,15H,2-7,9H2,1H3. The van der Waals surface area contributed by atoms with Gasteiger partial charge in [0.05, 0.1) is 11.6 Å². The normalized spacial score (nSPS) is 17.4. The van der Waals surface area contributed by atoms with Crippen molar-refractivity contribution in [1.82, 2.24) is 9.88 Å². The molecule has 1 aliphatic rings. The molecule has 90 valence electrons. The van der Waals surface area contributed by atoms with Gasteiger partial charge in [0.25, 0.3) is 0 Å². The van der Waals surface area contributed by atoms with Gasteiger partial charge in [-0.3, -0.25) is 4.90 Å². The summed E-state index contributed by atoms with van der Waals surface area (Å²) >= 11 is 1.85. The van der Waals surface area contributed by atoms with Gasteiger partial charge < -0.3 is 5.11 Å². The van der Waals surface area contributed by atoms with Gasteiger partial charge in [-0.05, 0) is 19.9 Å². The highest BCUT2D eigenvalue weighted by molar-refractivity contribution is 7.11. The Morgan fingerprint density at radius 2 is 2.25 bits per heavy atom. The highest BCUT2D eigenvalue weighted by Crippen LogP contribution is 2.36. The fourth-order valence-electron chi connectivity index (χ4n) is 2.27. The summed E-state index contributed by atoms with van der Waals surface area (Å²) in [5.41, 5.74) is 0. The van der Waals surface area contributed by atoms with E-state index in [1.807, 2.05) is 24.6 Å². The summed E-state index contributed by atoms with van der Waals surface area (Å²) in [6.07, 6.45) is 7.37. The van der Waals surface area contributed by atoms with Gasteiger partial charge >= 0.3 is 0 Å². The zero-order valence-electron chi connectivity index (χ0n) is 9.85. The minimum atomic E-state index is 0.227. The molecule has 1 heterocycles. The fraction of sp³-hybridized carbons (Fsp3) is 0.750. The molecule has 0 amide bonds. The summed E-state index contributed by atoms with van der Waals surface area (Å²) in [5.74, 6) is 0.724. The predicted molar refractivity (Wildman–Crippen MR) is 66.7 cm³/mol. The molecule has 0 atom stereocenters. The average Bonchev–Trinajstić information content (AvgIpc) is 2.86. The SMILES string of the molecule is CN(CCO)Cc1cnc(C2CCCC2)s1. The molecule has 0 aromatic carbocycles. The Hall–Kier alpha value is -0.450. The van der Waals surface area contributed by atoms with Crippen molar-refractivity contribution in [2.24, 2.45) is 0 Å². The summed E-state index contributed by atoms with van der Waals surface area (Å²) in [4.78, 5) is 7.99. The minimum absolute atomic E-state index is 0.227. The molecule has 2 rings (SSSR count). The molecule has 1 N–H and O–H groups in total. The molecular formula is C12H20N2OS. The predicted octanol–water partition coefficient (Wildman–Crippen LogP) is 2.22. The molecule has 16 heavy (non-hydrogen) atoms. The number of aromatic nitrogens is 1. The number of hydrogen-bond acceptors (Lipinski definition) is 4. The highest BCUT2D eigenvalue weighted by atomic mass is 32.1. The molecule has 0 radical (unpaired) electrons. The zero-order valence-corrected chi connectivity index (χ0v) is 10.7. The van der Waals surface area contributed by atoms with Crippen LogP contribution in [0.4, 0.5) is 0 Å². The maximum Gasteiger partial charge on any atom is 0.0959 e. The molecule has 1 aromatic heterocycles. The Kier molecular flexibility index (Phi) is 4.32. The van der Waals surface area contributed by atoms with Gasteiger partial charge in [0.1, 0.15) is 0 Å². The molecular weight excluding hydrogens is 220 g/mol. The number of nitrogens with zero attached hydrogens (tertiary/aromatic N) is 2. The van der Waals surface area contributed by atoms with Crippen molar-refractivity contribution < 1.29 is 5.11 Å². The molecule has 3 nitrogen and oxygen atoms in total. The van der Waals surface area contributed by atoms with Crippen molar-refractivity contribution >= 4 is 11.3 Å².